The van der Waals surface area contributed by atoms with E-state index < -0.39 is 60.4 Å². The van der Waals surface area contributed by atoms with Gasteiger partial charge in [0, 0.05) is 25.7 Å². The van der Waals surface area contributed by atoms with E-state index in [-0.39, 0.29) is 57.3 Å². The maximum atomic E-state index is 12.3. The van der Waals surface area contributed by atoms with Gasteiger partial charge in [0.25, 0.3) is 0 Å². The summed E-state index contributed by atoms with van der Waals surface area (Å²) in [4.78, 5) is 70.4. The topological polar surface area (TPSA) is 272 Å². The highest BCUT2D eigenvalue weighted by molar-refractivity contribution is 5.76. The Balaban J connectivity index is 3.92. The van der Waals surface area contributed by atoms with Crippen molar-refractivity contribution in [1.29, 1.82) is 0 Å². The van der Waals surface area contributed by atoms with Gasteiger partial charge in [-0.25, -0.2) is 0 Å². The van der Waals surface area contributed by atoms with E-state index in [4.69, 9.17) is 40.6 Å². The van der Waals surface area contributed by atoms with Crippen molar-refractivity contribution in [3.63, 3.8) is 0 Å². The van der Waals surface area contributed by atoms with Gasteiger partial charge in [0.05, 0.1) is 12.2 Å². The summed E-state index contributed by atoms with van der Waals surface area (Å²) in [7, 11) is 0. The first-order valence-corrected chi connectivity index (χ1v) is 24.2. The van der Waals surface area contributed by atoms with E-state index in [9.17, 15) is 39.0 Å². The summed E-state index contributed by atoms with van der Waals surface area (Å²) in [6.45, 7) is 3.78. The normalized spacial score (nSPS) is 14.2. The third kappa shape index (κ3) is 35.7. The van der Waals surface area contributed by atoms with Gasteiger partial charge in [0.2, 0.25) is 6.79 Å². The second-order valence-corrected chi connectivity index (χ2v) is 17.0. The molecule has 0 aromatic rings. The molecule has 8 N–H and O–H groups in total. The minimum Gasteiger partial charge on any atom is -0.480 e. The Morgan fingerprint density at radius 3 is 1.02 bits per heavy atom. The molecule has 6 atom stereocenters. The molecule has 63 heavy (non-hydrogen) atoms. The van der Waals surface area contributed by atoms with E-state index in [1.807, 2.05) is 0 Å². The summed E-state index contributed by atoms with van der Waals surface area (Å²) >= 11 is 0. The Labute approximate surface area is 377 Å². The lowest BCUT2D eigenvalue weighted by Gasteiger charge is -2.23. The molecule has 0 spiro atoms. The summed E-state index contributed by atoms with van der Waals surface area (Å²) < 4.78 is 21.2. The Morgan fingerprint density at radius 1 is 0.397 bits per heavy atom. The number of aliphatic hydroxyl groups is 2. The van der Waals surface area contributed by atoms with Gasteiger partial charge in [0.1, 0.15) is 24.3 Å². The van der Waals surface area contributed by atoms with Gasteiger partial charge in [-0.1, -0.05) is 129 Å². The quantitative estimate of drug-likeness (QED) is 0.0147. The number of carbonyl (C=O) groups is 6. The Bertz CT molecular complexity index is 1130. The number of carbonyl (C=O) groups excluding carboxylic acids is 4. The number of unbranched alkanes of at least 4 members (excludes halogenated alkanes) is 18. The smallest absolute Gasteiger partial charge is 0.320 e. The van der Waals surface area contributed by atoms with Gasteiger partial charge in [-0.15, -0.1) is 0 Å². The number of aliphatic hydroxyl groups excluding tert-OH is 2. The Morgan fingerprint density at radius 2 is 0.698 bits per heavy atom. The molecule has 16 heteroatoms. The number of hydrogen-bond acceptors (Lipinski definition) is 14. The van der Waals surface area contributed by atoms with Crippen molar-refractivity contribution in [2.24, 2.45) is 11.5 Å². The second kappa shape index (κ2) is 40.2. The average Bonchev–Trinajstić information content (AvgIpc) is 3.24. The zero-order valence-corrected chi connectivity index (χ0v) is 38.8. The fourth-order valence-corrected chi connectivity index (χ4v) is 7.14. The van der Waals surface area contributed by atoms with Crippen LogP contribution in [0.25, 0.3) is 0 Å². The number of aliphatic carboxylic acids is 2. The van der Waals surface area contributed by atoms with Crippen molar-refractivity contribution in [1.82, 2.24) is 0 Å². The highest BCUT2D eigenvalue weighted by atomic mass is 16.7. The minimum atomic E-state index is -1.16. The summed E-state index contributed by atoms with van der Waals surface area (Å²) in [6, 6.07) is -2.24. The van der Waals surface area contributed by atoms with Crippen molar-refractivity contribution >= 4 is 35.8 Å². The average molecular weight is 903 g/mol. The molecular weight excluding hydrogens is 817 g/mol. The summed E-state index contributed by atoms with van der Waals surface area (Å²) in [5.74, 6) is -4.17. The van der Waals surface area contributed by atoms with Crippen molar-refractivity contribution in [2.45, 2.75) is 256 Å². The number of carboxylic acids is 2. The molecule has 0 radical (unpaired) electrons. The summed E-state index contributed by atoms with van der Waals surface area (Å²) in [5, 5.41) is 39.3. The van der Waals surface area contributed by atoms with Gasteiger partial charge >= 0.3 is 35.8 Å². The molecule has 6 unspecified atom stereocenters. The van der Waals surface area contributed by atoms with Crippen molar-refractivity contribution in [3.8, 4) is 0 Å². The van der Waals surface area contributed by atoms with Crippen LogP contribution in [-0.4, -0.2) is 99.5 Å². The first-order chi connectivity index (χ1) is 30.2. The first-order valence-electron chi connectivity index (χ1n) is 24.2. The van der Waals surface area contributed by atoms with E-state index >= 15 is 0 Å². The minimum absolute atomic E-state index is 0.0111. The van der Waals surface area contributed by atoms with Crippen LogP contribution in [0, 0.1) is 0 Å². The van der Waals surface area contributed by atoms with Gasteiger partial charge in [-0.3, -0.25) is 28.8 Å². The van der Waals surface area contributed by atoms with Crippen LogP contribution in [-0.2, 0) is 47.7 Å². The lowest BCUT2D eigenvalue weighted by molar-refractivity contribution is -0.167. The summed E-state index contributed by atoms with van der Waals surface area (Å²) in [5.41, 5.74) is 11.0. The van der Waals surface area contributed by atoms with Crippen LogP contribution in [0.15, 0.2) is 0 Å². The molecule has 0 aliphatic heterocycles. The molecule has 16 nitrogen and oxygen atoms in total. The van der Waals surface area contributed by atoms with E-state index in [0.29, 0.717) is 38.5 Å². The molecule has 0 heterocycles. The highest BCUT2D eigenvalue weighted by Gasteiger charge is 2.25. The van der Waals surface area contributed by atoms with Gasteiger partial charge in [-0.2, -0.15) is 0 Å². The molecule has 0 fully saturated rings. The van der Waals surface area contributed by atoms with Gasteiger partial charge in [-0.05, 0) is 64.2 Å². The lowest BCUT2D eigenvalue weighted by atomic mass is 9.99. The molecule has 0 aliphatic carbocycles. The monoisotopic (exact) mass is 903 g/mol. The van der Waals surface area contributed by atoms with Crippen LogP contribution in [0.5, 0.6) is 0 Å². The first kappa shape index (κ1) is 59.7. The second-order valence-electron chi connectivity index (χ2n) is 17.0. The third-order valence-electron chi connectivity index (χ3n) is 11.3. The number of esters is 4. The number of hydrogen-bond donors (Lipinski definition) is 6. The van der Waals surface area contributed by atoms with Crippen LogP contribution < -0.4 is 11.5 Å². The zero-order chi connectivity index (χ0) is 47.1. The molecule has 0 rings (SSSR count). The van der Waals surface area contributed by atoms with Crippen LogP contribution >= 0.6 is 0 Å². The SMILES string of the molecule is CCCCCC(OC(=O)CCC(N)C(=O)O)C(O)CCCCCCCCCCC(=O)OCOC(=O)CCCCCCCCCCC(O)C(CCCCC)OC(=O)CCC(N)C(=O)O. The molecule has 0 saturated heterocycles. The van der Waals surface area contributed by atoms with Crippen LogP contribution in [0.2, 0.25) is 0 Å². The van der Waals surface area contributed by atoms with Crippen molar-refractivity contribution in [3.05, 3.63) is 0 Å². The largest absolute Gasteiger partial charge is 0.480 e. The third-order valence-corrected chi connectivity index (χ3v) is 11.3. The summed E-state index contributed by atoms with van der Waals surface area (Å²) in [6.07, 6.45) is 20.3. The van der Waals surface area contributed by atoms with Gasteiger partial charge < -0.3 is 50.8 Å². The zero-order valence-electron chi connectivity index (χ0n) is 38.8. The fraction of sp³-hybridized carbons (Fsp3) is 0.872. The van der Waals surface area contributed by atoms with Gasteiger partial charge in [0.15, 0.2) is 0 Å². The highest BCUT2D eigenvalue weighted by Crippen LogP contribution is 2.20. The molecular formula is C47H86N2O14. The Hall–Kier alpha value is -3.34. The maximum absolute atomic E-state index is 12.3. The van der Waals surface area contributed by atoms with E-state index in [0.717, 1.165) is 128 Å². The predicted molar refractivity (Wildman–Crippen MR) is 239 cm³/mol. The number of carboxylic acid groups (broad SMARTS) is 2. The van der Waals surface area contributed by atoms with Crippen molar-refractivity contribution < 1.29 is 68.1 Å². The number of ether oxygens (including phenoxy) is 4. The number of nitrogens with two attached hydrogens (primary N) is 2. The molecule has 0 aromatic carbocycles. The van der Waals surface area contributed by atoms with E-state index in [2.05, 4.69) is 13.8 Å². The molecule has 0 saturated carbocycles. The maximum Gasteiger partial charge on any atom is 0.320 e. The number of rotatable bonds is 44. The molecule has 0 aliphatic rings. The molecule has 0 amide bonds. The van der Waals surface area contributed by atoms with Crippen LogP contribution in [0.1, 0.15) is 219 Å². The molecule has 0 aromatic heterocycles. The predicted octanol–water partition coefficient (Wildman–Crippen LogP) is 7.92. The fourth-order valence-electron chi connectivity index (χ4n) is 7.14. The Kier molecular flexibility index (Phi) is 38.1. The van der Waals surface area contributed by atoms with Crippen LogP contribution in [0.3, 0.4) is 0 Å². The van der Waals surface area contributed by atoms with Crippen molar-refractivity contribution in [2.75, 3.05) is 6.79 Å². The van der Waals surface area contributed by atoms with Crippen LogP contribution in [0.4, 0.5) is 0 Å². The standard InChI is InChI=1S/C47H86N2O14/c1-3-5-19-27-40(62-44(54)33-31-36(48)46(56)57)38(50)25-21-15-11-7-9-13-17-23-29-42(52)60-35-61-43(53)30-24-18-14-10-8-12-16-22-26-39(51)41(28-20-6-4-2)63-45(55)34-32-37(49)47(58)59/h36-41,50-51H,3-35,48-49H2,1-2H3,(H,56,57)(H,58,59). The van der Waals surface area contributed by atoms with E-state index in [1.165, 1.54) is 0 Å². The lowest BCUT2D eigenvalue weighted by Crippen LogP contribution is -2.33. The van der Waals surface area contributed by atoms with E-state index in [1.54, 1.807) is 0 Å². The molecule has 368 valence electrons. The molecule has 0 bridgehead atoms.